The first-order valence-corrected chi connectivity index (χ1v) is 5.04. The maximum Gasteiger partial charge on any atom is 0.279 e. The molecule has 0 aliphatic rings. The minimum atomic E-state index is -0.379. The number of rotatable bonds is 3. The van der Waals surface area contributed by atoms with Crippen LogP contribution in [0.3, 0.4) is 0 Å². The van der Waals surface area contributed by atoms with Crippen LogP contribution >= 0.6 is 23.4 Å². The molecule has 1 rings (SSSR count). The molecule has 0 amide bonds. The maximum atomic E-state index is 10.4. The van der Waals surface area contributed by atoms with Crippen molar-refractivity contribution in [1.82, 2.24) is 0 Å². The third-order valence-electron chi connectivity index (χ3n) is 1.51. The van der Waals surface area contributed by atoms with Crippen molar-refractivity contribution >= 4 is 27.9 Å². The highest BCUT2D eigenvalue weighted by atomic mass is 35.5. The predicted molar refractivity (Wildman–Crippen MR) is 55.5 cm³/mol. The monoisotopic (exact) mass is 216 g/mol. The van der Waals surface area contributed by atoms with Crippen LogP contribution in [-0.2, 0) is 5.75 Å². The van der Waals surface area contributed by atoms with Gasteiger partial charge in [-0.25, -0.2) is 0 Å². The van der Waals surface area contributed by atoms with Gasteiger partial charge in [-0.15, -0.1) is 0 Å². The minimum Gasteiger partial charge on any atom is -0.497 e. The van der Waals surface area contributed by atoms with Crippen molar-refractivity contribution in [2.45, 2.75) is 5.75 Å². The molecule has 0 saturated carbocycles. The number of carbonyl (C=O) groups is 1. The number of thioether (sulfide) groups is 1. The molecule has 0 heterocycles. The number of carbonyl (C=O) groups excluding carboxylic acids is 1. The van der Waals surface area contributed by atoms with Crippen LogP contribution in [-0.4, -0.2) is 11.7 Å². The summed E-state index contributed by atoms with van der Waals surface area (Å²) >= 11 is 6.27. The Balaban J connectivity index is 2.54. The van der Waals surface area contributed by atoms with Crippen molar-refractivity contribution in [3.8, 4) is 5.75 Å². The molecule has 13 heavy (non-hydrogen) atoms. The molecule has 1 aromatic carbocycles. The number of hydrogen-bond donors (Lipinski definition) is 0. The fourth-order valence-electron chi connectivity index (χ4n) is 0.862. The van der Waals surface area contributed by atoms with Crippen molar-refractivity contribution in [3.63, 3.8) is 0 Å². The van der Waals surface area contributed by atoms with Gasteiger partial charge in [0.1, 0.15) is 5.75 Å². The van der Waals surface area contributed by atoms with Crippen molar-refractivity contribution < 1.29 is 9.53 Å². The Morgan fingerprint density at radius 3 is 2.54 bits per heavy atom. The van der Waals surface area contributed by atoms with Crippen LogP contribution in [0.25, 0.3) is 0 Å². The highest BCUT2D eigenvalue weighted by Gasteiger charge is 1.98. The van der Waals surface area contributed by atoms with E-state index in [2.05, 4.69) is 0 Å². The molecule has 1 aromatic rings. The summed E-state index contributed by atoms with van der Waals surface area (Å²) in [5.74, 6) is 1.41. The molecule has 2 nitrogen and oxygen atoms in total. The summed E-state index contributed by atoms with van der Waals surface area (Å²) in [6.45, 7) is 0. The molecular weight excluding hydrogens is 208 g/mol. The minimum absolute atomic E-state index is 0.379. The highest BCUT2D eigenvalue weighted by Crippen LogP contribution is 2.18. The molecule has 0 unspecified atom stereocenters. The Kier molecular flexibility index (Phi) is 4.12. The summed E-state index contributed by atoms with van der Waals surface area (Å²) in [6, 6.07) is 7.53. The average molecular weight is 217 g/mol. The summed E-state index contributed by atoms with van der Waals surface area (Å²) in [7, 11) is 1.62. The number of hydrogen-bond acceptors (Lipinski definition) is 3. The van der Waals surface area contributed by atoms with Crippen LogP contribution in [0.1, 0.15) is 5.56 Å². The Hall–Kier alpha value is -0.670. The van der Waals surface area contributed by atoms with E-state index in [1.165, 1.54) is 0 Å². The van der Waals surface area contributed by atoms with E-state index in [9.17, 15) is 4.79 Å². The second kappa shape index (κ2) is 5.14. The zero-order valence-corrected chi connectivity index (χ0v) is 8.69. The lowest BCUT2D eigenvalue weighted by Gasteiger charge is -2.00. The zero-order chi connectivity index (χ0) is 9.68. The summed E-state index contributed by atoms with van der Waals surface area (Å²) in [6.07, 6.45) is 0. The maximum absolute atomic E-state index is 10.4. The lowest BCUT2D eigenvalue weighted by Crippen LogP contribution is -1.85. The van der Waals surface area contributed by atoms with Gasteiger partial charge in [0, 0.05) is 5.75 Å². The topological polar surface area (TPSA) is 26.3 Å². The van der Waals surface area contributed by atoms with Crippen molar-refractivity contribution in [3.05, 3.63) is 29.8 Å². The van der Waals surface area contributed by atoms with Gasteiger partial charge in [-0.2, -0.15) is 0 Å². The van der Waals surface area contributed by atoms with E-state index < -0.39 is 0 Å². The molecule has 0 aromatic heterocycles. The molecule has 0 aliphatic carbocycles. The van der Waals surface area contributed by atoms with Crippen LogP contribution < -0.4 is 4.74 Å². The number of ether oxygens (including phenoxy) is 1. The van der Waals surface area contributed by atoms with Gasteiger partial charge in [-0.3, -0.25) is 4.79 Å². The van der Waals surface area contributed by atoms with E-state index in [-0.39, 0.29) is 4.57 Å². The fraction of sp³-hybridized carbons (Fsp3) is 0.222. The smallest absolute Gasteiger partial charge is 0.279 e. The first-order valence-electron chi connectivity index (χ1n) is 3.67. The molecule has 0 N–H and O–H groups in total. The van der Waals surface area contributed by atoms with Gasteiger partial charge in [0.05, 0.1) is 7.11 Å². The lowest BCUT2D eigenvalue weighted by molar-refractivity contribution is 0.276. The van der Waals surface area contributed by atoms with Crippen LogP contribution in [0.15, 0.2) is 24.3 Å². The van der Waals surface area contributed by atoms with Gasteiger partial charge >= 0.3 is 0 Å². The summed E-state index contributed by atoms with van der Waals surface area (Å²) in [5.41, 5.74) is 1.06. The lowest BCUT2D eigenvalue weighted by atomic mass is 10.2. The van der Waals surface area contributed by atoms with E-state index in [1.807, 2.05) is 24.3 Å². The van der Waals surface area contributed by atoms with Gasteiger partial charge in [-0.1, -0.05) is 23.9 Å². The standard InChI is InChI=1S/C9H9ClO2S/c1-12-8-4-2-7(3-5-8)6-13-9(10)11/h2-5H,6H2,1H3. The van der Waals surface area contributed by atoms with E-state index >= 15 is 0 Å². The van der Waals surface area contributed by atoms with Gasteiger partial charge in [-0.05, 0) is 29.3 Å². The van der Waals surface area contributed by atoms with E-state index in [0.717, 1.165) is 23.1 Å². The van der Waals surface area contributed by atoms with Crippen LogP contribution in [0, 0.1) is 0 Å². The first kappa shape index (κ1) is 10.4. The van der Waals surface area contributed by atoms with Crippen LogP contribution in [0.5, 0.6) is 5.75 Å². The molecule has 0 spiro atoms. The molecule has 0 bridgehead atoms. The van der Waals surface area contributed by atoms with E-state index in [4.69, 9.17) is 16.3 Å². The molecule has 0 fully saturated rings. The molecular formula is C9H9ClO2S. The Labute approximate surface area is 86.2 Å². The SMILES string of the molecule is COc1ccc(CSC(=O)Cl)cc1. The second-order valence-corrected chi connectivity index (χ2v) is 3.89. The molecule has 4 heteroatoms. The third-order valence-corrected chi connectivity index (χ3v) is 2.54. The molecule has 70 valence electrons. The Bertz CT molecular complexity index is 284. The van der Waals surface area contributed by atoms with E-state index in [0.29, 0.717) is 5.75 Å². The quantitative estimate of drug-likeness (QED) is 0.726. The first-order chi connectivity index (χ1) is 6.22. The summed E-state index contributed by atoms with van der Waals surface area (Å²) in [5, 5.41) is 0. The summed E-state index contributed by atoms with van der Waals surface area (Å²) < 4.78 is 4.62. The Morgan fingerprint density at radius 1 is 1.46 bits per heavy atom. The molecule has 0 aliphatic heterocycles. The van der Waals surface area contributed by atoms with Gasteiger partial charge in [0.15, 0.2) is 0 Å². The van der Waals surface area contributed by atoms with Gasteiger partial charge < -0.3 is 4.74 Å². The highest BCUT2D eigenvalue weighted by molar-refractivity contribution is 8.15. The van der Waals surface area contributed by atoms with Crippen LogP contribution in [0.4, 0.5) is 4.79 Å². The third kappa shape index (κ3) is 3.70. The average Bonchev–Trinajstić information content (AvgIpc) is 2.15. The Morgan fingerprint density at radius 2 is 2.08 bits per heavy atom. The van der Waals surface area contributed by atoms with Crippen molar-refractivity contribution in [2.24, 2.45) is 0 Å². The largest absolute Gasteiger partial charge is 0.497 e. The normalized spacial score (nSPS) is 9.69. The fourth-order valence-corrected chi connectivity index (χ4v) is 1.50. The number of methoxy groups -OCH3 is 1. The second-order valence-electron chi connectivity index (χ2n) is 2.37. The number of halogens is 1. The predicted octanol–water partition coefficient (Wildman–Crippen LogP) is 3.29. The molecule has 0 atom stereocenters. The van der Waals surface area contributed by atoms with Gasteiger partial charge in [0.25, 0.3) is 4.57 Å². The van der Waals surface area contributed by atoms with Crippen LogP contribution in [0.2, 0.25) is 0 Å². The van der Waals surface area contributed by atoms with Gasteiger partial charge in [0.2, 0.25) is 0 Å². The summed E-state index contributed by atoms with van der Waals surface area (Å²) in [4.78, 5) is 10.4. The molecule has 0 radical (unpaired) electrons. The van der Waals surface area contributed by atoms with Crippen molar-refractivity contribution in [1.29, 1.82) is 0 Å². The van der Waals surface area contributed by atoms with Crippen molar-refractivity contribution in [2.75, 3.05) is 7.11 Å². The van der Waals surface area contributed by atoms with E-state index in [1.54, 1.807) is 7.11 Å². The number of benzene rings is 1. The zero-order valence-electron chi connectivity index (χ0n) is 7.12. The molecule has 0 saturated heterocycles.